The topological polar surface area (TPSA) is 85.4 Å². The van der Waals surface area contributed by atoms with E-state index in [0.29, 0.717) is 34.7 Å². The van der Waals surface area contributed by atoms with E-state index in [1.165, 1.54) is 6.33 Å². The Morgan fingerprint density at radius 2 is 1.91 bits per heavy atom. The van der Waals surface area contributed by atoms with Crippen molar-refractivity contribution in [2.75, 3.05) is 24.9 Å². The van der Waals surface area contributed by atoms with Crippen LogP contribution in [0.5, 0.6) is 11.5 Å². The summed E-state index contributed by atoms with van der Waals surface area (Å²) in [5.41, 5.74) is 0.904. The van der Waals surface area contributed by atoms with E-state index in [9.17, 15) is 4.79 Å². The van der Waals surface area contributed by atoms with Gasteiger partial charge in [-0.1, -0.05) is 0 Å². The van der Waals surface area contributed by atoms with Gasteiger partial charge in [-0.25, -0.2) is 9.97 Å². The molecule has 1 fully saturated rings. The first-order valence-corrected chi connectivity index (χ1v) is 7.31. The minimum absolute atomic E-state index is 0.304. The number of methoxy groups -OCH3 is 2. The van der Waals surface area contributed by atoms with Crippen molar-refractivity contribution in [2.45, 2.75) is 18.9 Å². The van der Waals surface area contributed by atoms with Gasteiger partial charge in [0, 0.05) is 23.9 Å². The Morgan fingerprint density at radius 3 is 2.61 bits per heavy atom. The van der Waals surface area contributed by atoms with Crippen molar-refractivity contribution in [2.24, 2.45) is 0 Å². The van der Waals surface area contributed by atoms with Crippen LogP contribution in [0.1, 0.15) is 23.3 Å². The molecule has 2 aromatic rings. The van der Waals surface area contributed by atoms with Crippen LogP contribution in [0.15, 0.2) is 30.6 Å². The van der Waals surface area contributed by atoms with Crippen molar-refractivity contribution in [3.05, 3.63) is 36.3 Å². The van der Waals surface area contributed by atoms with Crippen molar-refractivity contribution in [1.29, 1.82) is 0 Å². The molecule has 0 atom stereocenters. The summed E-state index contributed by atoms with van der Waals surface area (Å²) in [5.74, 6) is 1.51. The number of ether oxygens (including phenoxy) is 2. The van der Waals surface area contributed by atoms with Gasteiger partial charge >= 0.3 is 0 Å². The van der Waals surface area contributed by atoms with Crippen molar-refractivity contribution < 1.29 is 14.3 Å². The minimum atomic E-state index is -0.307. The van der Waals surface area contributed by atoms with Gasteiger partial charge in [0.05, 0.1) is 14.2 Å². The van der Waals surface area contributed by atoms with E-state index in [-0.39, 0.29) is 5.91 Å². The lowest BCUT2D eigenvalue weighted by Crippen LogP contribution is -2.15. The number of benzene rings is 1. The molecule has 1 amide bonds. The van der Waals surface area contributed by atoms with Crippen LogP contribution in [0.4, 0.5) is 11.5 Å². The summed E-state index contributed by atoms with van der Waals surface area (Å²) in [6, 6.07) is 7.28. The average molecular weight is 314 g/mol. The quantitative estimate of drug-likeness (QED) is 0.851. The van der Waals surface area contributed by atoms with Crippen LogP contribution in [0.3, 0.4) is 0 Å². The number of hydrogen-bond donors (Lipinski definition) is 2. The molecule has 2 N–H and O–H groups in total. The number of anilines is 2. The zero-order valence-electron chi connectivity index (χ0n) is 13.0. The Labute approximate surface area is 134 Å². The molecule has 0 bridgehead atoms. The van der Waals surface area contributed by atoms with Gasteiger partial charge < -0.3 is 20.1 Å². The average Bonchev–Trinajstić information content (AvgIpc) is 3.39. The number of nitrogens with one attached hydrogen (secondary N) is 2. The molecule has 7 heteroatoms. The van der Waals surface area contributed by atoms with Gasteiger partial charge in [-0.05, 0) is 25.0 Å². The first kappa shape index (κ1) is 15.1. The number of carbonyl (C=O) groups is 1. The monoisotopic (exact) mass is 314 g/mol. The number of hydrogen-bond acceptors (Lipinski definition) is 6. The highest BCUT2D eigenvalue weighted by Crippen LogP contribution is 2.30. The van der Waals surface area contributed by atoms with E-state index in [1.807, 2.05) is 0 Å². The third-order valence-corrected chi connectivity index (χ3v) is 3.47. The van der Waals surface area contributed by atoms with Crippen LogP contribution in [-0.4, -0.2) is 36.1 Å². The second-order valence-electron chi connectivity index (χ2n) is 5.23. The van der Waals surface area contributed by atoms with Crippen LogP contribution < -0.4 is 20.1 Å². The SMILES string of the molecule is COc1ccc(NC(=O)c2cc(NC3CC3)ncn2)cc1OC. The molecule has 120 valence electrons. The van der Waals surface area contributed by atoms with Crippen molar-refractivity contribution in [3.63, 3.8) is 0 Å². The molecule has 0 radical (unpaired) electrons. The van der Waals surface area contributed by atoms with Gasteiger partial charge in [0.15, 0.2) is 11.5 Å². The highest BCUT2D eigenvalue weighted by molar-refractivity contribution is 6.03. The Kier molecular flexibility index (Phi) is 4.27. The van der Waals surface area contributed by atoms with Crippen molar-refractivity contribution in [1.82, 2.24) is 9.97 Å². The summed E-state index contributed by atoms with van der Waals surface area (Å²) in [6.07, 6.45) is 3.66. The molecule has 0 spiro atoms. The van der Waals surface area contributed by atoms with Gasteiger partial charge in [-0.15, -0.1) is 0 Å². The molecule has 23 heavy (non-hydrogen) atoms. The normalized spacial score (nSPS) is 13.3. The second kappa shape index (κ2) is 6.51. The van der Waals surface area contributed by atoms with Gasteiger partial charge in [-0.2, -0.15) is 0 Å². The van der Waals surface area contributed by atoms with Gasteiger partial charge in [0.1, 0.15) is 17.8 Å². The number of carbonyl (C=O) groups excluding carboxylic acids is 1. The van der Waals surface area contributed by atoms with Crippen molar-refractivity contribution >= 4 is 17.4 Å². The molecule has 0 aliphatic heterocycles. The van der Waals surface area contributed by atoms with E-state index in [2.05, 4.69) is 20.6 Å². The lowest BCUT2D eigenvalue weighted by Gasteiger charge is -2.10. The maximum Gasteiger partial charge on any atom is 0.274 e. The van der Waals surface area contributed by atoms with E-state index in [0.717, 1.165) is 12.8 Å². The highest BCUT2D eigenvalue weighted by atomic mass is 16.5. The number of amides is 1. The molecule has 1 aromatic carbocycles. The molecule has 1 aromatic heterocycles. The first-order valence-electron chi connectivity index (χ1n) is 7.31. The molecule has 1 heterocycles. The Hall–Kier alpha value is -2.83. The molecule has 1 aliphatic carbocycles. The highest BCUT2D eigenvalue weighted by Gasteiger charge is 2.21. The van der Waals surface area contributed by atoms with Gasteiger partial charge in [0.25, 0.3) is 5.91 Å². The van der Waals surface area contributed by atoms with Crippen LogP contribution >= 0.6 is 0 Å². The smallest absolute Gasteiger partial charge is 0.274 e. The summed E-state index contributed by atoms with van der Waals surface area (Å²) in [5, 5.41) is 6.03. The lowest BCUT2D eigenvalue weighted by molar-refractivity contribution is 0.102. The second-order valence-corrected chi connectivity index (χ2v) is 5.23. The molecular formula is C16H18N4O3. The third-order valence-electron chi connectivity index (χ3n) is 3.47. The van der Waals surface area contributed by atoms with E-state index >= 15 is 0 Å². The molecule has 3 rings (SSSR count). The molecular weight excluding hydrogens is 296 g/mol. The molecule has 0 saturated heterocycles. The predicted molar refractivity (Wildman–Crippen MR) is 86.2 cm³/mol. The fourth-order valence-electron chi connectivity index (χ4n) is 2.11. The first-order chi connectivity index (χ1) is 11.2. The maximum absolute atomic E-state index is 12.3. The minimum Gasteiger partial charge on any atom is -0.493 e. The van der Waals surface area contributed by atoms with Crippen LogP contribution in [0.25, 0.3) is 0 Å². The molecule has 1 aliphatic rings. The standard InChI is InChI=1S/C16H18N4O3/c1-22-13-6-5-11(7-14(13)23-2)20-16(21)12-8-15(18-9-17-12)19-10-3-4-10/h5-10H,3-4H2,1-2H3,(H,20,21)(H,17,18,19). The van der Waals surface area contributed by atoms with Crippen molar-refractivity contribution in [3.8, 4) is 11.5 Å². The largest absolute Gasteiger partial charge is 0.493 e. The lowest BCUT2D eigenvalue weighted by atomic mass is 10.2. The van der Waals surface area contributed by atoms with Crippen LogP contribution in [0, 0.1) is 0 Å². The van der Waals surface area contributed by atoms with Crippen LogP contribution in [0.2, 0.25) is 0 Å². The number of rotatable bonds is 6. The van der Waals surface area contributed by atoms with E-state index in [1.54, 1.807) is 38.5 Å². The summed E-state index contributed by atoms with van der Waals surface area (Å²) in [7, 11) is 3.11. The van der Waals surface area contributed by atoms with Gasteiger partial charge in [-0.3, -0.25) is 4.79 Å². The molecule has 0 unspecified atom stereocenters. The fourth-order valence-corrected chi connectivity index (χ4v) is 2.11. The van der Waals surface area contributed by atoms with E-state index in [4.69, 9.17) is 9.47 Å². The fraction of sp³-hybridized carbons (Fsp3) is 0.312. The summed E-state index contributed by atoms with van der Waals surface area (Å²) in [6.45, 7) is 0. The zero-order valence-corrected chi connectivity index (χ0v) is 13.0. The zero-order chi connectivity index (χ0) is 16.2. The molecule has 7 nitrogen and oxygen atoms in total. The number of aromatic nitrogens is 2. The van der Waals surface area contributed by atoms with Crippen LogP contribution in [-0.2, 0) is 0 Å². The Morgan fingerprint density at radius 1 is 1.13 bits per heavy atom. The number of nitrogens with zero attached hydrogens (tertiary/aromatic N) is 2. The summed E-state index contributed by atoms with van der Waals surface area (Å²) in [4.78, 5) is 20.5. The Balaban J connectivity index is 1.73. The Bertz CT molecular complexity index is 716. The predicted octanol–water partition coefficient (Wildman–Crippen LogP) is 2.32. The third kappa shape index (κ3) is 3.68. The summed E-state index contributed by atoms with van der Waals surface area (Å²) >= 11 is 0. The summed E-state index contributed by atoms with van der Waals surface area (Å²) < 4.78 is 10.4. The van der Waals surface area contributed by atoms with E-state index < -0.39 is 0 Å². The maximum atomic E-state index is 12.3. The molecule has 1 saturated carbocycles. The van der Waals surface area contributed by atoms with Gasteiger partial charge in [0.2, 0.25) is 0 Å².